The Hall–Kier alpha value is -2.18. The molecule has 0 radical (unpaired) electrons. The maximum absolute atomic E-state index is 13.1. The lowest BCUT2D eigenvalue weighted by atomic mass is 9.93. The van der Waals surface area contributed by atoms with Crippen molar-refractivity contribution in [2.45, 2.75) is 31.9 Å². The summed E-state index contributed by atoms with van der Waals surface area (Å²) in [4.78, 5) is 33.4. The molecule has 0 N–H and O–H groups in total. The first-order chi connectivity index (χ1) is 12.6. The van der Waals surface area contributed by atoms with E-state index < -0.39 is 12.0 Å². The van der Waals surface area contributed by atoms with Gasteiger partial charge in [-0.3, -0.25) is 14.4 Å². The van der Waals surface area contributed by atoms with Crippen molar-refractivity contribution in [3.63, 3.8) is 0 Å². The zero-order valence-electron chi connectivity index (χ0n) is 14.3. The molecule has 0 aromatic heterocycles. The standard InChI is InChI=1S/C20H19BrN2O3/c1-2-6-16-17-18(26-23(16)15-7-4-3-5-8-15)20(25)22(19(17)24)14-11-9-13(21)10-12-14/h3-5,7-12,16-18H,2,6H2,1H3. The molecule has 0 spiro atoms. The lowest BCUT2D eigenvalue weighted by Crippen LogP contribution is -2.40. The molecular weight excluding hydrogens is 396 g/mol. The first kappa shape index (κ1) is 17.2. The van der Waals surface area contributed by atoms with Crippen LogP contribution in [0.2, 0.25) is 0 Å². The van der Waals surface area contributed by atoms with Crippen molar-refractivity contribution < 1.29 is 14.4 Å². The Morgan fingerprint density at radius 1 is 0.962 bits per heavy atom. The molecule has 0 aliphatic carbocycles. The topological polar surface area (TPSA) is 49.9 Å². The third kappa shape index (κ3) is 2.73. The average Bonchev–Trinajstić information content (AvgIpc) is 3.14. The predicted molar refractivity (Wildman–Crippen MR) is 103 cm³/mol. The number of hydrogen-bond acceptors (Lipinski definition) is 4. The van der Waals surface area contributed by atoms with E-state index in [0.717, 1.165) is 23.0 Å². The van der Waals surface area contributed by atoms with Gasteiger partial charge >= 0.3 is 0 Å². The van der Waals surface area contributed by atoms with Gasteiger partial charge in [0, 0.05) is 4.47 Å². The van der Waals surface area contributed by atoms with Crippen LogP contribution in [0, 0.1) is 5.92 Å². The number of imide groups is 1. The van der Waals surface area contributed by atoms with Crippen LogP contribution in [0.3, 0.4) is 0 Å². The summed E-state index contributed by atoms with van der Waals surface area (Å²) in [5.74, 6) is -0.952. The SMILES string of the molecule is CCCC1C2C(=O)N(c3ccc(Br)cc3)C(=O)C2ON1c1ccccc1. The first-order valence-corrected chi connectivity index (χ1v) is 9.55. The normalized spacial score (nSPS) is 25.1. The van der Waals surface area contributed by atoms with E-state index in [9.17, 15) is 9.59 Å². The number of halogens is 1. The van der Waals surface area contributed by atoms with E-state index in [-0.39, 0.29) is 17.9 Å². The monoisotopic (exact) mass is 414 g/mol. The average molecular weight is 415 g/mol. The van der Waals surface area contributed by atoms with Gasteiger partial charge in [-0.2, -0.15) is 0 Å². The van der Waals surface area contributed by atoms with Crippen molar-refractivity contribution in [2.24, 2.45) is 5.92 Å². The molecule has 4 rings (SSSR count). The Morgan fingerprint density at radius 2 is 1.65 bits per heavy atom. The van der Waals surface area contributed by atoms with E-state index >= 15 is 0 Å². The lowest BCUT2D eigenvalue weighted by molar-refractivity contribution is -0.126. The van der Waals surface area contributed by atoms with Gasteiger partial charge in [-0.25, -0.2) is 9.96 Å². The fraction of sp³-hybridized carbons (Fsp3) is 0.300. The zero-order chi connectivity index (χ0) is 18.3. The highest BCUT2D eigenvalue weighted by atomic mass is 79.9. The minimum atomic E-state index is -0.761. The van der Waals surface area contributed by atoms with Gasteiger partial charge in [0.1, 0.15) is 0 Å². The number of anilines is 2. The molecule has 5 nitrogen and oxygen atoms in total. The summed E-state index contributed by atoms with van der Waals surface area (Å²) >= 11 is 3.38. The predicted octanol–water partition coefficient (Wildman–Crippen LogP) is 3.93. The smallest absolute Gasteiger partial charge is 0.266 e. The quantitative estimate of drug-likeness (QED) is 0.711. The number of para-hydroxylation sites is 1. The van der Waals surface area contributed by atoms with Crippen molar-refractivity contribution in [1.82, 2.24) is 0 Å². The number of benzene rings is 2. The van der Waals surface area contributed by atoms with E-state index in [1.165, 1.54) is 4.90 Å². The van der Waals surface area contributed by atoms with E-state index in [1.807, 2.05) is 42.5 Å². The van der Waals surface area contributed by atoms with Gasteiger partial charge in [0.2, 0.25) is 5.91 Å². The van der Waals surface area contributed by atoms with Gasteiger partial charge in [0.25, 0.3) is 5.91 Å². The Morgan fingerprint density at radius 3 is 2.31 bits per heavy atom. The van der Waals surface area contributed by atoms with E-state index in [1.54, 1.807) is 17.2 Å². The van der Waals surface area contributed by atoms with E-state index in [0.29, 0.717) is 5.69 Å². The summed E-state index contributed by atoms with van der Waals surface area (Å²) in [5, 5.41) is 1.76. The van der Waals surface area contributed by atoms with Crippen LogP contribution >= 0.6 is 15.9 Å². The number of hydrogen-bond donors (Lipinski definition) is 0. The Kier molecular flexibility index (Phi) is 4.54. The van der Waals surface area contributed by atoms with Gasteiger partial charge in [-0.15, -0.1) is 0 Å². The third-order valence-electron chi connectivity index (χ3n) is 4.92. The minimum Gasteiger partial charge on any atom is -0.273 e. The molecule has 2 amide bonds. The van der Waals surface area contributed by atoms with Gasteiger partial charge in [-0.05, 0) is 42.8 Å². The molecule has 6 heteroatoms. The summed E-state index contributed by atoms with van der Waals surface area (Å²) in [5.41, 5.74) is 1.46. The van der Waals surface area contributed by atoms with Crippen molar-refractivity contribution in [3.8, 4) is 0 Å². The lowest BCUT2D eigenvalue weighted by Gasteiger charge is -2.28. The molecule has 2 heterocycles. The van der Waals surface area contributed by atoms with Crippen molar-refractivity contribution >= 4 is 39.1 Å². The maximum atomic E-state index is 13.1. The molecule has 0 bridgehead atoms. The largest absolute Gasteiger partial charge is 0.273 e. The molecule has 3 atom stereocenters. The Balaban J connectivity index is 1.67. The molecular formula is C20H19BrN2O3. The van der Waals surface area contributed by atoms with Crippen molar-refractivity contribution in [1.29, 1.82) is 0 Å². The molecule has 2 aromatic rings. The van der Waals surface area contributed by atoms with Crippen molar-refractivity contribution in [3.05, 3.63) is 59.1 Å². The van der Waals surface area contributed by atoms with Crippen LogP contribution in [-0.4, -0.2) is 24.0 Å². The van der Waals surface area contributed by atoms with E-state index in [2.05, 4.69) is 22.9 Å². The third-order valence-corrected chi connectivity index (χ3v) is 5.45. The van der Waals surface area contributed by atoms with E-state index in [4.69, 9.17) is 4.84 Å². The summed E-state index contributed by atoms with van der Waals surface area (Å²) in [6.45, 7) is 2.07. The summed E-state index contributed by atoms with van der Waals surface area (Å²) in [6.07, 6.45) is 0.923. The van der Waals surface area contributed by atoms with Crippen LogP contribution in [-0.2, 0) is 14.4 Å². The summed E-state index contributed by atoms with van der Waals surface area (Å²) < 4.78 is 0.899. The highest BCUT2D eigenvalue weighted by Crippen LogP contribution is 2.41. The number of hydroxylamine groups is 1. The van der Waals surface area contributed by atoms with Gasteiger partial charge in [0.15, 0.2) is 6.10 Å². The zero-order valence-corrected chi connectivity index (χ0v) is 15.9. The van der Waals surface area contributed by atoms with Gasteiger partial charge < -0.3 is 0 Å². The van der Waals surface area contributed by atoms with Crippen LogP contribution in [0.4, 0.5) is 11.4 Å². The molecule has 2 saturated heterocycles. The number of nitrogens with zero attached hydrogens (tertiary/aromatic N) is 2. The fourth-order valence-electron chi connectivity index (χ4n) is 3.76. The Labute approximate surface area is 160 Å². The second-order valence-electron chi connectivity index (χ2n) is 6.56. The molecule has 26 heavy (non-hydrogen) atoms. The second kappa shape index (κ2) is 6.85. The Bertz CT molecular complexity index is 825. The number of amides is 2. The van der Waals surface area contributed by atoms with Crippen LogP contribution in [0.5, 0.6) is 0 Å². The second-order valence-corrected chi connectivity index (χ2v) is 7.47. The highest BCUT2D eigenvalue weighted by Gasteiger charge is 2.59. The highest BCUT2D eigenvalue weighted by molar-refractivity contribution is 9.10. The number of carbonyl (C=O) groups excluding carboxylic acids is 2. The number of fused-ring (bicyclic) bond motifs is 1. The minimum absolute atomic E-state index is 0.149. The van der Waals surface area contributed by atoms with Crippen LogP contribution in [0.1, 0.15) is 19.8 Å². The fourth-order valence-corrected chi connectivity index (χ4v) is 4.02. The van der Waals surface area contributed by atoms with Crippen molar-refractivity contribution in [2.75, 3.05) is 9.96 Å². The van der Waals surface area contributed by atoms with Crippen LogP contribution < -0.4 is 9.96 Å². The number of rotatable bonds is 4. The molecule has 0 saturated carbocycles. The maximum Gasteiger partial charge on any atom is 0.266 e. The van der Waals surface area contributed by atoms with Crippen LogP contribution in [0.15, 0.2) is 59.1 Å². The molecule has 2 aromatic carbocycles. The number of carbonyl (C=O) groups is 2. The molecule has 2 aliphatic rings. The summed E-state index contributed by atoms with van der Waals surface area (Å²) in [6, 6.07) is 16.7. The molecule has 134 valence electrons. The first-order valence-electron chi connectivity index (χ1n) is 8.76. The van der Waals surface area contributed by atoms with Gasteiger partial charge in [0.05, 0.1) is 23.3 Å². The molecule has 2 fully saturated rings. The van der Waals surface area contributed by atoms with Crippen LogP contribution in [0.25, 0.3) is 0 Å². The molecule has 3 unspecified atom stereocenters. The summed E-state index contributed by atoms with van der Waals surface area (Å²) in [7, 11) is 0. The molecule has 2 aliphatic heterocycles. The van der Waals surface area contributed by atoms with Gasteiger partial charge in [-0.1, -0.05) is 47.5 Å².